The lowest BCUT2D eigenvalue weighted by Crippen LogP contribution is -2.16. The number of carbonyl (C=O) groups excluding carboxylic acids is 1. The molecule has 0 amide bonds. The number of rotatable bonds is 7. The Labute approximate surface area is 192 Å². The minimum atomic E-state index is -0.441. The van der Waals surface area contributed by atoms with Crippen molar-refractivity contribution in [2.24, 2.45) is 0 Å². The second-order valence-corrected chi connectivity index (χ2v) is 9.07. The molecule has 7 nitrogen and oxygen atoms in total. The van der Waals surface area contributed by atoms with Crippen molar-refractivity contribution in [3.05, 3.63) is 93.5 Å². The zero-order valence-corrected chi connectivity index (χ0v) is 18.8. The summed E-state index contributed by atoms with van der Waals surface area (Å²) in [5.74, 6) is 1.29. The highest BCUT2D eigenvalue weighted by atomic mass is 16.7. The van der Waals surface area contributed by atoms with E-state index in [1.54, 1.807) is 12.1 Å². The van der Waals surface area contributed by atoms with Crippen molar-refractivity contribution >= 4 is 17.2 Å². The zero-order chi connectivity index (χ0) is 23.6. The van der Waals surface area contributed by atoms with E-state index in [0.29, 0.717) is 22.7 Å². The molecule has 0 aliphatic carbocycles. The summed E-state index contributed by atoms with van der Waals surface area (Å²) in [6.45, 7) is 6.56. The Morgan fingerprint density at radius 2 is 1.67 bits per heavy atom. The fourth-order valence-electron chi connectivity index (χ4n) is 3.72. The van der Waals surface area contributed by atoms with E-state index in [1.807, 2.05) is 42.5 Å². The smallest absolute Gasteiger partial charge is 0.269 e. The summed E-state index contributed by atoms with van der Waals surface area (Å²) in [6.07, 6.45) is 0.200. The molecule has 3 aromatic carbocycles. The molecule has 0 saturated heterocycles. The Hall–Kier alpha value is -3.87. The lowest BCUT2D eigenvalue weighted by Gasteiger charge is -2.21. The molecule has 0 fully saturated rings. The van der Waals surface area contributed by atoms with Crippen LogP contribution in [0.4, 0.5) is 11.4 Å². The number of hydrogen-bond acceptors (Lipinski definition) is 6. The van der Waals surface area contributed by atoms with Gasteiger partial charge < -0.3 is 14.8 Å². The highest BCUT2D eigenvalue weighted by Gasteiger charge is 2.22. The average Bonchev–Trinajstić information content (AvgIpc) is 3.26. The van der Waals surface area contributed by atoms with Crippen LogP contribution in [-0.4, -0.2) is 17.5 Å². The molecule has 3 aromatic rings. The van der Waals surface area contributed by atoms with Crippen LogP contribution in [0.25, 0.3) is 0 Å². The number of Topliss-reactive ketones (excluding diaryl/α,β-unsaturated/α-hetero) is 1. The molecule has 33 heavy (non-hydrogen) atoms. The fourth-order valence-corrected chi connectivity index (χ4v) is 3.72. The lowest BCUT2D eigenvalue weighted by molar-refractivity contribution is -0.384. The largest absolute Gasteiger partial charge is 0.454 e. The number of non-ortho nitro benzene ring substituents is 1. The number of ether oxygens (including phenoxy) is 2. The number of benzene rings is 3. The van der Waals surface area contributed by atoms with Gasteiger partial charge in [-0.1, -0.05) is 51.1 Å². The van der Waals surface area contributed by atoms with Crippen molar-refractivity contribution in [2.75, 3.05) is 12.1 Å². The Morgan fingerprint density at radius 3 is 2.30 bits per heavy atom. The van der Waals surface area contributed by atoms with E-state index in [2.05, 4.69) is 26.1 Å². The molecule has 7 heteroatoms. The van der Waals surface area contributed by atoms with Gasteiger partial charge in [0.25, 0.3) is 5.69 Å². The number of nitro groups is 1. The highest BCUT2D eigenvalue weighted by Crippen LogP contribution is 2.36. The summed E-state index contributed by atoms with van der Waals surface area (Å²) in [6, 6.07) is 19.1. The molecule has 0 saturated carbocycles. The van der Waals surface area contributed by atoms with Crippen molar-refractivity contribution in [1.29, 1.82) is 0 Å². The standard InChI is InChI=1S/C26H26N2O5/c1-26(2,3)19-7-4-17(5-8-19)23(29)15-22(18-6-13-24-25(14-18)33-16-32-24)27-20-9-11-21(12-10-20)28(30)31/h4-14,22,27H,15-16H2,1-3H3/t22-/m0/s1. The van der Waals surface area contributed by atoms with E-state index in [0.717, 1.165) is 11.1 Å². The predicted molar refractivity (Wildman–Crippen MR) is 126 cm³/mol. The molecule has 0 aromatic heterocycles. The van der Waals surface area contributed by atoms with Crippen molar-refractivity contribution in [3.8, 4) is 11.5 Å². The van der Waals surface area contributed by atoms with E-state index in [9.17, 15) is 14.9 Å². The molecule has 1 N–H and O–H groups in total. The minimum absolute atomic E-state index is 0.00691. The Morgan fingerprint density at radius 1 is 1.00 bits per heavy atom. The molecule has 1 aliphatic heterocycles. The van der Waals surface area contributed by atoms with Crippen LogP contribution in [0.1, 0.15) is 54.7 Å². The molecule has 0 unspecified atom stereocenters. The SMILES string of the molecule is CC(C)(C)c1ccc(C(=O)C[C@H](Nc2ccc([N+](=O)[O-])cc2)c2ccc3c(c2)OCO3)cc1. The van der Waals surface area contributed by atoms with Crippen LogP contribution in [0.5, 0.6) is 11.5 Å². The first-order chi connectivity index (χ1) is 15.7. The summed E-state index contributed by atoms with van der Waals surface area (Å²) in [5, 5.41) is 14.3. The summed E-state index contributed by atoms with van der Waals surface area (Å²) in [5.41, 5.74) is 3.36. The van der Waals surface area contributed by atoms with Gasteiger partial charge in [-0.25, -0.2) is 0 Å². The van der Waals surface area contributed by atoms with Gasteiger partial charge in [-0.3, -0.25) is 14.9 Å². The molecular weight excluding hydrogens is 420 g/mol. The van der Waals surface area contributed by atoms with Crippen LogP contribution in [0.3, 0.4) is 0 Å². The minimum Gasteiger partial charge on any atom is -0.454 e. The number of ketones is 1. The summed E-state index contributed by atoms with van der Waals surface area (Å²) >= 11 is 0. The number of fused-ring (bicyclic) bond motifs is 1. The van der Waals surface area contributed by atoms with Crippen molar-refractivity contribution < 1.29 is 19.2 Å². The van der Waals surface area contributed by atoms with E-state index < -0.39 is 4.92 Å². The van der Waals surface area contributed by atoms with Crippen molar-refractivity contribution in [1.82, 2.24) is 0 Å². The lowest BCUT2D eigenvalue weighted by atomic mass is 9.86. The Bertz CT molecular complexity index is 1160. The van der Waals surface area contributed by atoms with Gasteiger partial charge in [0.2, 0.25) is 6.79 Å². The molecule has 0 bridgehead atoms. The van der Waals surface area contributed by atoms with Gasteiger partial charge in [0, 0.05) is 29.8 Å². The van der Waals surface area contributed by atoms with Crippen molar-refractivity contribution in [2.45, 2.75) is 38.6 Å². The van der Waals surface area contributed by atoms with Gasteiger partial charge in [0.15, 0.2) is 17.3 Å². The van der Waals surface area contributed by atoms with Gasteiger partial charge in [-0.15, -0.1) is 0 Å². The van der Waals surface area contributed by atoms with Gasteiger partial charge in [0.1, 0.15) is 0 Å². The Kier molecular flexibility index (Phi) is 6.05. The normalized spacial score (nSPS) is 13.4. The fraction of sp³-hybridized carbons (Fsp3) is 0.269. The molecule has 0 spiro atoms. The van der Waals surface area contributed by atoms with Crippen LogP contribution < -0.4 is 14.8 Å². The van der Waals surface area contributed by atoms with E-state index in [1.165, 1.54) is 12.1 Å². The van der Waals surface area contributed by atoms with E-state index >= 15 is 0 Å². The highest BCUT2D eigenvalue weighted by molar-refractivity contribution is 5.96. The molecular formula is C26H26N2O5. The van der Waals surface area contributed by atoms with E-state index in [-0.39, 0.29) is 36.1 Å². The number of anilines is 1. The summed E-state index contributed by atoms with van der Waals surface area (Å²) in [7, 11) is 0. The first-order valence-corrected chi connectivity index (χ1v) is 10.7. The maximum Gasteiger partial charge on any atom is 0.269 e. The zero-order valence-electron chi connectivity index (χ0n) is 18.8. The second-order valence-electron chi connectivity index (χ2n) is 9.07. The van der Waals surface area contributed by atoms with Crippen LogP contribution in [0, 0.1) is 10.1 Å². The third-order valence-corrected chi connectivity index (χ3v) is 5.68. The van der Waals surface area contributed by atoms with Crippen LogP contribution >= 0.6 is 0 Å². The monoisotopic (exact) mass is 446 g/mol. The van der Waals surface area contributed by atoms with Crippen LogP contribution in [0.2, 0.25) is 0 Å². The first kappa shape index (κ1) is 22.3. The third kappa shape index (κ3) is 5.14. The molecule has 1 heterocycles. The van der Waals surface area contributed by atoms with Gasteiger partial charge in [-0.05, 0) is 40.8 Å². The maximum absolute atomic E-state index is 13.2. The second kappa shape index (κ2) is 8.94. The molecule has 1 aliphatic rings. The summed E-state index contributed by atoms with van der Waals surface area (Å²) in [4.78, 5) is 23.7. The number of nitrogens with zero attached hydrogens (tertiary/aromatic N) is 1. The number of hydrogen-bond donors (Lipinski definition) is 1. The quantitative estimate of drug-likeness (QED) is 0.270. The topological polar surface area (TPSA) is 90.7 Å². The molecule has 0 radical (unpaired) electrons. The third-order valence-electron chi connectivity index (χ3n) is 5.68. The number of carbonyl (C=O) groups is 1. The van der Waals surface area contributed by atoms with E-state index in [4.69, 9.17) is 9.47 Å². The molecule has 4 rings (SSSR count). The summed E-state index contributed by atoms with van der Waals surface area (Å²) < 4.78 is 10.9. The van der Waals surface area contributed by atoms with Gasteiger partial charge >= 0.3 is 0 Å². The Balaban J connectivity index is 1.59. The molecule has 1 atom stereocenters. The van der Waals surface area contributed by atoms with Crippen LogP contribution in [-0.2, 0) is 5.41 Å². The van der Waals surface area contributed by atoms with Gasteiger partial charge in [-0.2, -0.15) is 0 Å². The van der Waals surface area contributed by atoms with Crippen molar-refractivity contribution in [3.63, 3.8) is 0 Å². The van der Waals surface area contributed by atoms with Crippen LogP contribution in [0.15, 0.2) is 66.7 Å². The number of nitrogens with one attached hydrogen (secondary N) is 1. The van der Waals surface area contributed by atoms with Gasteiger partial charge in [0.05, 0.1) is 11.0 Å². The number of nitro benzene ring substituents is 1. The average molecular weight is 447 g/mol. The predicted octanol–water partition coefficient (Wildman–Crippen LogP) is 6.05. The first-order valence-electron chi connectivity index (χ1n) is 10.7. The molecule has 170 valence electrons. The maximum atomic E-state index is 13.2.